The van der Waals surface area contributed by atoms with Gasteiger partial charge in [-0.05, 0) is 76.9 Å². The molecule has 5 rings (SSSR count). The molecule has 0 aliphatic heterocycles. The molecular formula is C38H44N4O6. The van der Waals surface area contributed by atoms with Crippen LogP contribution in [0.4, 0.5) is 5.69 Å². The highest BCUT2D eigenvalue weighted by Gasteiger charge is 2.22. The molecule has 1 amide bonds. The number of pyridine rings is 1. The summed E-state index contributed by atoms with van der Waals surface area (Å²) in [4.78, 5) is 17.7. The van der Waals surface area contributed by atoms with Crippen molar-refractivity contribution in [1.82, 2.24) is 15.6 Å². The molecule has 0 bridgehead atoms. The number of ether oxygens (including phenoxy) is 3. The highest BCUT2D eigenvalue weighted by Crippen LogP contribution is 2.42. The number of nitrogens with zero attached hydrogens (tertiary/aromatic N) is 1. The van der Waals surface area contributed by atoms with Crippen LogP contribution >= 0.6 is 0 Å². The zero-order valence-corrected chi connectivity index (χ0v) is 28.0. The van der Waals surface area contributed by atoms with Gasteiger partial charge in [0.2, 0.25) is 0 Å². The third-order valence-corrected chi connectivity index (χ3v) is 8.60. The van der Waals surface area contributed by atoms with Crippen molar-refractivity contribution in [2.75, 3.05) is 52.9 Å². The normalized spacial score (nSPS) is 13.0. The van der Waals surface area contributed by atoms with Crippen LogP contribution in [0.3, 0.4) is 0 Å². The van der Waals surface area contributed by atoms with E-state index in [9.17, 15) is 4.79 Å². The van der Waals surface area contributed by atoms with E-state index in [1.54, 1.807) is 33.6 Å². The first kappa shape index (κ1) is 34.6. The van der Waals surface area contributed by atoms with Gasteiger partial charge in [-0.3, -0.25) is 9.78 Å². The second-order valence-corrected chi connectivity index (χ2v) is 11.5. The molecule has 0 saturated carbocycles. The van der Waals surface area contributed by atoms with E-state index < -0.39 is 0 Å². The largest absolute Gasteiger partial charge is 0.496 e. The number of fused-ring (bicyclic) bond motifs is 1. The number of benzene rings is 3. The van der Waals surface area contributed by atoms with Crippen LogP contribution < -0.4 is 30.2 Å². The summed E-state index contributed by atoms with van der Waals surface area (Å²) in [5.74, 6) is 1.69. The Balaban J connectivity index is 1.40. The molecule has 3 aromatic carbocycles. The van der Waals surface area contributed by atoms with Crippen LogP contribution in [0.15, 0.2) is 60.8 Å². The van der Waals surface area contributed by atoms with Crippen molar-refractivity contribution in [3.8, 4) is 28.4 Å². The van der Waals surface area contributed by atoms with Crippen LogP contribution in [-0.2, 0) is 19.5 Å². The molecule has 1 aliphatic carbocycles. The van der Waals surface area contributed by atoms with Gasteiger partial charge in [0.15, 0.2) is 0 Å². The lowest BCUT2D eigenvalue weighted by atomic mass is 9.92. The summed E-state index contributed by atoms with van der Waals surface area (Å²) in [6.07, 6.45) is 5.61. The minimum absolute atomic E-state index is 0.0317. The Labute approximate surface area is 281 Å². The minimum Gasteiger partial charge on any atom is -0.496 e. The first-order chi connectivity index (χ1) is 23.4. The molecule has 4 aromatic rings. The van der Waals surface area contributed by atoms with Gasteiger partial charge in [0.25, 0.3) is 5.91 Å². The molecule has 0 atom stereocenters. The maximum absolute atomic E-state index is 13.3. The quantitative estimate of drug-likeness (QED) is 0.113. The molecule has 48 heavy (non-hydrogen) atoms. The lowest BCUT2D eigenvalue weighted by molar-refractivity contribution is 0.102. The summed E-state index contributed by atoms with van der Waals surface area (Å²) in [7, 11) is 4.86. The molecule has 0 spiro atoms. The minimum atomic E-state index is -0.326. The Hall–Kier alpha value is -4.74. The number of carbonyl (C=O) groups is 1. The number of aliphatic hydroxyl groups is 2. The van der Waals surface area contributed by atoms with E-state index in [0.29, 0.717) is 37.6 Å². The summed E-state index contributed by atoms with van der Waals surface area (Å²) < 4.78 is 16.9. The van der Waals surface area contributed by atoms with E-state index in [-0.39, 0.29) is 24.8 Å². The van der Waals surface area contributed by atoms with Crippen molar-refractivity contribution in [2.24, 2.45) is 0 Å². The fourth-order valence-electron chi connectivity index (χ4n) is 6.17. The van der Waals surface area contributed by atoms with E-state index in [1.165, 1.54) is 16.7 Å². The fraction of sp³-hybridized carbons (Fsp3) is 0.316. The number of methoxy groups -OCH3 is 3. The molecule has 10 heteroatoms. The summed E-state index contributed by atoms with van der Waals surface area (Å²) in [5, 5.41) is 27.6. The Bertz CT molecular complexity index is 1760. The lowest BCUT2D eigenvalue weighted by Gasteiger charge is -2.16. The second kappa shape index (κ2) is 16.4. The van der Waals surface area contributed by atoms with Crippen LogP contribution in [-0.4, -0.2) is 68.7 Å². The van der Waals surface area contributed by atoms with E-state index in [0.717, 1.165) is 57.7 Å². The average molecular weight is 653 g/mol. The van der Waals surface area contributed by atoms with Crippen LogP contribution in [0, 0.1) is 6.92 Å². The van der Waals surface area contributed by atoms with Crippen molar-refractivity contribution < 1.29 is 29.2 Å². The number of rotatable bonds is 15. The number of anilines is 1. The molecule has 1 aliphatic rings. The van der Waals surface area contributed by atoms with E-state index in [2.05, 4.69) is 51.3 Å². The van der Waals surface area contributed by atoms with Gasteiger partial charge in [-0.1, -0.05) is 36.4 Å². The molecule has 0 unspecified atom stereocenters. The van der Waals surface area contributed by atoms with Gasteiger partial charge in [-0.2, -0.15) is 0 Å². The van der Waals surface area contributed by atoms with E-state index in [4.69, 9.17) is 24.4 Å². The maximum atomic E-state index is 13.3. The van der Waals surface area contributed by atoms with Crippen LogP contribution in [0.25, 0.3) is 22.8 Å². The molecule has 0 saturated heterocycles. The zero-order chi connectivity index (χ0) is 34.0. The fourth-order valence-corrected chi connectivity index (χ4v) is 6.17. The van der Waals surface area contributed by atoms with Crippen LogP contribution in [0.5, 0.6) is 17.2 Å². The van der Waals surface area contributed by atoms with Crippen molar-refractivity contribution in [3.63, 3.8) is 0 Å². The molecule has 252 valence electrons. The lowest BCUT2D eigenvalue weighted by Crippen LogP contribution is -2.19. The summed E-state index contributed by atoms with van der Waals surface area (Å²) >= 11 is 0. The molecule has 0 fully saturated rings. The number of aliphatic hydroxyl groups excluding tert-OH is 2. The summed E-state index contributed by atoms with van der Waals surface area (Å²) in [5.41, 5.74) is 10.5. The van der Waals surface area contributed by atoms with Gasteiger partial charge in [0, 0.05) is 55.3 Å². The standard InChI is InChI=1S/C38H44N4O6/c1-24-28(7-6-10-33(24)42-38(45)34-20-35(46-2)27(22-41-34)21-39-13-15-43)30-9-5-8-29-26(11-12-31(29)30)17-25-18-36(47-3)32(23-40-14-16-44)37(19-25)48-4/h5-10,17-20,22,39-40,43-44H,11-16,21,23H2,1-4H3,(H,42,45). The van der Waals surface area contributed by atoms with Crippen LogP contribution in [0.1, 0.15) is 50.3 Å². The topological polar surface area (TPSA) is 134 Å². The Morgan fingerprint density at radius 1 is 0.833 bits per heavy atom. The molecule has 5 N–H and O–H groups in total. The van der Waals surface area contributed by atoms with E-state index in [1.807, 2.05) is 31.2 Å². The number of hydrogen-bond acceptors (Lipinski definition) is 9. The second-order valence-electron chi connectivity index (χ2n) is 11.5. The average Bonchev–Trinajstić information content (AvgIpc) is 3.52. The third kappa shape index (κ3) is 7.69. The highest BCUT2D eigenvalue weighted by molar-refractivity contribution is 6.04. The van der Waals surface area contributed by atoms with Gasteiger partial charge < -0.3 is 40.4 Å². The predicted molar refractivity (Wildman–Crippen MR) is 189 cm³/mol. The smallest absolute Gasteiger partial charge is 0.274 e. The number of amides is 1. The Morgan fingerprint density at radius 3 is 2.17 bits per heavy atom. The van der Waals surface area contributed by atoms with E-state index >= 15 is 0 Å². The molecule has 0 radical (unpaired) electrons. The third-order valence-electron chi connectivity index (χ3n) is 8.60. The SMILES string of the molecule is COc1cc(C(=O)Nc2cccc(-c3cccc4c3CCC4=Cc3cc(OC)c(CNCCO)c(OC)c3)c2C)ncc1CNCCO. The van der Waals surface area contributed by atoms with Crippen LogP contribution in [0.2, 0.25) is 0 Å². The van der Waals surface area contributed by atoms with Crippen molar-refractivity contribution in [2.45, 2.75) is 32.9 Å². The van der Waals surface area contributed by atoms with Gasteiger partial charge in [-0.25, -0.2) is 0 Å². The monoisotopic (exact) mass is 652 g/mol. The summed E-state index contributed by atoms with van der Waals surface area (Å²) in [6.45, 7) is 4.04. The molecular weight excluding hydrogens is 608 g/mol. The number of aromatic nitrogens is 1. The number of hydrogen-bond donors (Lipinski definition) is 5. The first-order valence-electron chi connectivity index (χ1n) is 16.1. The summed E-state index contributed by atoms with van der Waals surface area (Å²) in [6, 6.07) is 18.0. The number of nitrogens with one attached hydrogen (secondary N) is 3. The molecule has 10 nitrogen and oxygen atoms in total. The van der Waals surface area contributed by atoms with Gasteiger partial charge in [0.05, 0.1) is 34.5 Å². The van der Waals surface area contributed by atoms with Crippen molar-refractivity contribution >= 4 is 23.2 Å². The maximum Gasteiger partial charge on any atom is 0.274 e. The van der Waals surface area contributed by atoms with Crippen molar-refractivity contribution in [3.05, 3.63) is 99.9 Å². The van der Waals surface area contributed by atoms with Crippen molar-refractivity contribution in [1.29, 1.82) is 0 Å². The highest BCUT2D eigenvalue weighted by atomic mass is 16.5. The van der Waals surface area contributed by atoms with Gasteiger partial charge in [-0.15, -0.1) is 0 Å². The molecule has 1 aromatic heterocycles. The molecule has 1 heterocycles. The zero-order valence-electron chi connectivity index (χ0n) is 28.0. The number of allylic oxidation sites excluding steroid dienone is 1. The predicted octanol–water partition coefficient (Wildman–Crippen LogP) is 4.99. The Kier molecular flexibility index (Phi) is 11.8. The Morgan fingerprint density at radius 2 is 1.48 bits per heavy atom. The first-order valence-corrected chi connectivity index (χ1v) is 16.1. The van der Waals surface area contributed by atoms with Gasteiger partial charge >= 0.3 is 0 Å². The van der Waals surface area contributed by atoms with Gasteiger partial charge in [0.1, 0.15) is 22.9 Å². The number of carbonyl (C=O) groups excluding carboxylic acids is 1.